The predicted octanol–water partition coefficient (Wildman–Crippen LogP) is 2.41. The van der Waals surface area contributed by atoms with Gasteiger partial charge in [-0.15, -0.1) is 0 Å². The molecule has 1 unspecified atom stereocenters. The highest BCUT2D eigenvalue weighted by Gasteiger charge is 2.37. The number of anilines is 1. The SMILES string of the molecule is CN1CCOCc2c(C#CC3CCCN3C(=O)C3CC3)cccc21. The summed E-state index contributed by atoms with van der Waals surface area (Å²) in [5.74, 6) is 7.34. The molecule has 2 heterocycles. The van der Waals surface area contributed by atoms with Gasteiger partial charge in [-0.05, 0) is 37.8 Å². The highest BCUT2D eigenvalue weighted by atomic mass is 16.5. The summed E-state index contributed by atoms with van der Waals surface area (Å²) < 4.78 is 5.73. The van der Waals surface area contributed by atoms with Gasteiger partial charge in [-0.1, -0.05) is 17.9 Å². The van der Waals surface area contributed by atoms with E-state index in [1.54, 1.807) is 0 Å². The molecule has 2 fully saturated rings. The zero-order chi connectivity index (χ0) is 16.5. The lowest BCUT2D eigenvalue weighted by Crippen LogP contribution is -2.35. The Morgan fingerprint density at radius 3 is 2.96 bits per heavy atom. The van der Waals surface area contributed by atoms with E-state index in [0.29, 0.717) is 12.5 Å². The van der Waals surface area contributed by atoms with Gasteiger partial charge in [0, 0.05) is 42.9 Å². The van der Waals surface area contributed by atoms with Gasteiger partial charge in [0.05, 0.1) is 19.3 Å². The van der Waals surface area contributed by atoms with Crippen molar-refractivity contribution in [1.82, 2.24) is 4.90 Å². The normalized spacial score (nSPS) is 23.3. The molecule has 3 aliphatic rings. The van der Waals surface area contributed by atoms with Crippen LogP contribution in [0.1, 0.15) is 36.8 Å². The van der Waals surface area contributed by atoms with Crippen LogP contribution in [0.25, 0.3) is 0 Å². The molecule has 0 bridgehead atoms. The number of nitrogens with zero attached hydrogens (tertiary/aromatic N) is 2. The summed E-state index contributed by atoms with van der Waals surface area (Å²) in [7, 11) is 2.09. The Bertz CT molecular complexity index is 699. The molecule has 1 saturated carbocycles. The molecule has 1 atom stereocenters. The van der Waals surface area contributed by atoms with Gasteiger partial charge in [-0.3, -0.25) is 4.79 Å². The van der Waals surface area contributed by atoms with E-state index >= 15 is 0 Å². The van der Waals surface area contributed by atoms with Crippen LogP contribution in [0.5, 0.6) is 0 Å². The third-order valence-corrected chi connectivity index (χ3v) is 5.22. The number of rotatable bonds is 1. The fraction of sp³-hybridized carbons (Fsp3) is 0.550. The van der Waals surface area contributed by atoms with Crippen LogP contribution >= 0.6 is 0 Å². The molecule has 24 heavy (non-hydrogen) atoms. The maximum atomic E-state index is 12.4. The highest BCUT2D eigenvalue weighted by molar-refractivity contribution is 5.82. The smallest absolute Gasteiger partial charge is 0.226 e. The molecule has 1 aromatic rings. The quantitative estimate of drug-likeness (QED) is 0.744. The van der Waals surface area contributed by atoms with E-state index < -0.39 is 0 Å². The molecule has 4 rings (SSSR count). The Hall–Kier alpha value is -1.99. The molecule has 1 saturated heterocycles. The third kappa shape index (κ3) is 3.01. The van der Waals surface area contributed by atoms with E-state index in [-0.39, 0.29) is 12.0 Å². The molecular weight excluding hydrogens is 300 g/mol. The number of carbonyl (C=O) groups excluding carboxylic acids is 1. The second kappa shape index (κ2) is 6.49. The van der Waals surface area contributed by atoms with Crippen molar-refractivity contribution in [3.63, 3.8) is 0 Å². The van der Waals surface area contributed by atoms with Crippen LogP contribution in [-0.2, 0) is 16.1 Å². The summed E-state index contributed by atoms with van der Waals surface area (Å²) in [6.45, 7) is 3.12. The Morgan fingerprint density at radius 2 is 2.12 bits per heavy atom. The lowest BCUT2D eigenvalue weighted by atomic mass is 10.0. The van der Waals surface area contributed by atoms with Crippen LogP contribution in [0, 0.1) is 17.8 Å². The molecule has 1 aromatic carbocycles. The number of benzene rings is 1. The average Bonchev–Trinajstić information content (AvgIpc) is 3.37. The highest BCUT2D eigenvalue weighted by Crippen LogP contribution is 2.33. The van der Waals surface area contributed by atoms with Gasteiger partial charge in [-0.2, -0.15) is 0 Å². The Kier molecular flexibility index (Phi) is 4.20. The van der Waals surface area contributed by atoms with Gasteiger partial charge in [-0.25, -0.2) is 0 Å². The molecule has 0 spiro atoms. The minimum atomic E-state index is 0.0818. The maximum absolute atomic E-state index is 12.4. The van der Waals surface area contributed by atoms with Crippen LogP contribution < -0.4 is 4.90 Å². The number of likely N-dealkylation sites (tertiary alicyclic amines) is 1. The molecule has 4 nitrogen and oxygen atoms in total. The maximum Gasteiger partial charge on any atom is 0.226 e. The van der Waals surface area contributed by atoms with E-state index in [9.17, 15) is 4.79 Å². The Balaban J connectivity index is 1.59. The number of ether oxygens (including phenoxy) is 1. The Labute approximate surface area is 143 Å². The predicted molar refractivity (Wildman–Crippen MR) is 93.7 cm³/mol. The van der Waals surface area contributed by atoms with Crippen molar-refractivity contribution in [2.75, 3.05) is 31.6 Å². The molecule has 0 aromatic heterocycles. The van der Waals surface area contributed by atoms with Crippen molar-refractivity contribution < 1.29 is 9.53 Å². The van der Waals surface area contributed by atoms with Crippen molar-refractivity contribution in [3.05, 3.63) is 29.3 Å². The van der Waals surface area contributed by atoms with Crippen molar-refractivity contribution in [2.45, 2.75) is 38.3 Å². The van der Waals surface area contributed by atoms with Crippen molar-refractivity contribution >= 4 is 11.6 Å². The van der Waals surface area contributed by atoms with Crippen molar-refractivity contribution in [1.29, 1.82) is 0 Å². The molecule has 1 aliphatic carbocycles. The zero-order valence-corrected chi connectivity index (χ0v) is 14.3. The van der Waals surface area contributed by atoms with E-state index in [4.69, 9.17) is 4.74 Å². The number of amides is 1. The lowest BCUT2D eigenvalue weighted by molar-refractivity contribution is -0.132. The van der Waals surface area contributed by atoms with Crippen LogP contribution in [-0.4, -0.2) is 43.6 Å². The summed E-state index contributed by atoms with van der Waals surface area (Å²) >= 11 is 0. The molecule has 0 radical (unpaired) electrons. The Morgan fingerprint density at radius 1 is 1.25 bits per heavy atom. The van der Waals surface area contributed by atoms with Gasteiger partial charge in [0.1, 0.15) is 0 Å². The number of hydrogen-bond acceptors (Lipinski definition) is 3. The zero-order valence-electron chi connectivity index (χ0n) is 14.3. The summed E-state index contributed by atoms with van der Waals surface area (Å²) in [4.78, 5) is 16.6. The van der Waals surface area contributed by atoms with Gasteiger partial charge in [0.15, 0.2) is 0 Å². The van der Waals surface area contributed by atoms with Crippen molar-refractivity contribution in [2.24, 2.45) is 5.92 Å². The summed E-state index contributed by atoms with van der Waals surface area (Å²) in [5.41, 5.74) is 3.41. The van der Waals surface area contributed by atoms with Gasteiger partial charge >= 0.3 is 0 Å². The minimum Gasteiger partial charge on any atom is -0.375 e. The van der Waals surface area contributed by atoms with E-state index in [0.717, 1.165) is 50.9 Å². The first kappa shape index (κ1) is 15.5. The van der Waals surface area contributed by atoms with Crippen LogP contribution in [0.4, 0.5) is 5.69 Å². The number of likely N-dealkylation sites (N-methyl/N-ethyl adjacent to an activating group) is 1. The lowest BCUT2D eigenvalue weighted by Gasteiger charge is -2.21. The molecule has 2 aliphatic heterocycles. The summed E-state index contributed by atoms with van der Waals surface area (Å²) in [6, 6.07) is 6.34. The first-order valence-corrected chi connectivity index (χ1v) is 8.97. The first-order valence-electron chi connectivity index (χ1n) is 8.97. The molecule has 1 amide bonds. The largest absolute Gasteiger partial charge is 0.375 e. The monoisotopic (exact) mass is 324 g/mol. The molecular formula is C20H24N2O2. The molecule has 126 valence electrons. The van der Waals surface area contributed by atoms with Gasteiger partial charge in [0.25, 0.3) is 0 Å². The number of hydrogen-bond donors (Lipinski definition) is 0. The number of carbonyl (C=O) groups is 1. The number of fused-ring (bicyclic) bond motifs is 1. The third-order valence-electron chi connectivity index (χ3n) is 5.22. The first-order chi connectivity index (χ1) is 11.7. The van der Waals surface area contributed by atoms with E-state index in [1.807, 2.05) is 4.90 Å². The molecule has 4 heteroatoms. The average molecular weight is 324 g/mol. The fourth-order valence-corrected chi connectivity index (χ4v) is 3.60. The minimum absolute atomic E-state index is 0.0818. The summed E-state index contributed by atoms with van der Waals surface area (Å²) in [6.07, 6.45) is 4.18. The van der Waals surface area contributed by atoms with Crippen LogP contribution in [0.2, 0.25) is 0 Å². The standard InChI is InChI=1S/C20H24N2O2/c1-21-12-13-24-14-18-15(4-2-6-19(18)21)9-10-17-5-3-11-22(17)20(23)16-7-8-16/h2,4,6,16-17H,3,5,7-8,11-14H2,1H3. The van der Waals surface area contributed by atoms with Crippen LogP contribution in [0.3, 0.4) is 0 Å². The van der Waals surface area contributed by atoms with Gasteiger partial charge in [0.2, 0.25) is 5.91 Å². The fourth-order valence-electron chi connectivity index (χ4n) is 3.60. The molecule has 0 N–H and O–H groups in total. The topological polar surface area (TPSA) is 32.8 Å². The van der Waals surface area contributed by atoms with Gasteiger partial charge < -0.3 is 14.5 Å². The van der Waals surface area contributed by atoms with E-state index in [1.165, 1.54) is 11.3 Å². The second-order valence-electron chi connectivity index (χ2n) is 7.01. The van der Waals surface area contributed by atoms with Crippen LogP contribution in [0.15, 0.2) is 18.2 Å². The summed E-state index contributed by atoms with van der Waals surface area (Å²) in [5, 5.41) is 0. The second-order valence-corrected chi connectivity index (χ2v) is 7.01. The van der Waals surface area contributed by atoms with Crippen molar-refractivity contribution in [3.8, 4) is 11.8 Å². The van der Waals surface area contributed by atoms with E-state index in [2.05, 4.69) is 42.0 Å².